The summed E-state index contributed by atoms with van der Waals surface area (Å²) in [4.78, 5) is 12.1. The molecule has 1 heterocycles. The van der Waals surface area contributed by atoms with Crippen molar-refractivity contribution >= 4 is 11.6 Å². The van der Waals surface area contributed by atoms with Gasteiger partial charge in [-0.3, -0.25) is 4.79 Å². The van der Waals surface area contributed by atoms with Gasteiger partial charge in [-0.2, -0.15) is 18.4 Å². The Hall–Kier alpha value is -2.07. The molecule has 1 saturated heterocycles. The van der Waals surface area contributed by atoms with Crippen molar-refractivity contribution in [2.75, 3.05) is 18.4 Å². The molecule has 4 nitrogen and oxygen atoms in total. The van der Waals surface area contributed by atoms with Crippen molar-refractivity contribution in [1.29, 1.82) is 5.26 Å². The van der Waals surface area contributed by atoms with Crippen molar-refractivity contribution in [2.45, 2.75) is 13.1 Å². The van der Waals surface area contributed by atoms with Gasteiger partial charge in [-0.25, -0.2) is 0 Å². The first-order valence-electron chi connectivity index (χ1n) is 6.46. The number of benzene rings is 1. The first kappa shape index (κ1) is 15.3. The number of alkyl halides is 3. The van der Waals surface area contributed by atoms with Crippen molar-refractivity contribution in [3.63, 3.8) is 0 Å². The van der Waals surface area contributed by atoms with Crippen LogP contribution in [0.2, 0.25) is 0 Å². The van der Waals surface area contributed by atoms with E-state index in [0.29, 0.717) is 6.54 Å². The minimum Gasteiger partial charge on any atom is -0.325 e. The van der Waals surface area contributed by atoms with Crippen LogP contribution in [0.25, 0.3) is 0 Å². The Bertz CT molecular complexity index is 592. The maximum absolute atomic E-state index is 12.6. The molecule has 21 heavy (non-hydrogen) atoms. The van der Waals surface area contributed by atoms with Crippen molar-refractivity contribution in [1.82, 2.24) is 5.32 Å². The average molecular weight is 297 g/mol. The smallest absolute Gasteiger partial charge is 0.325 e. The molecule has 2 unspecified atom stereocenters. The van der Waals surface area contributed by atoms with Crippen LogP contribution in [0.1, 0.15) is 18.1 Å². The van der Waals surface area contributed by atoms with Gasteiger partial charge in [-0.05, 0) is 30.7 Å². The molecule has 0 aromatic heterocycles. The highest BCUT2D eigenvalue weighted by Crippen LogP contribution is 2.32. The third-order valence-corrected chi connectivity index (χ3v) is 3.58. The monoisotopic (exact) mass is 297 g/mol. The number of hydrogen-bond acceptors (Lipinski definition) is 3. The molecular formula is C14H14F3N3O. The summed E-state index contributed by atoms with van der Waals surface area (Å²) < 4.78 is 37.8. The van der Waals surface area contributed by atoms with E-state index >= 15 is 0 Å². The molecule has 1 aromatic rings. The van der Waals surface area contributed by atoms with Crippen LogP contribution in [0.3, 0.4) is 0 Å². The third kappa shape index (κ3) is 3.34. The lowest BCUT2D eigenvalue weighted by Crippen LogP contribution is -2.28. The summed E-state index contributed by atoms with van der Waals surface area (Å²) in [5.74, 6) is -0.396. The number of hydrogen-bond donors (Lipinski definition) is 2. The van der Waals surface area contributed by atoms with E-state index in [2.05, 4.69) is 10.6 Å². The lowest BCUT2D eigenvalue weighted by Gasteiger charge is -2.15. The van der Waals surface area contributed by atoms with Crippen LogP contribution in [-0.4, -0.2) is 19.0 Å². The van der Waals surface area contributed by atoms with Gasteiger partial charge in [-0.1, -0.05) is 6.92 Å². The van der Waals surface area contributed by atoms with Gasteiger partial charge in [0.05, 0.1) is 22.7 Å². The highest BCUT2D eigenvalue weighted by molar-refractivity contribution is 5.94. The summed E-state index contributed by atoms with van der Waals surface area (Å²) in [5.41, 5.74) is -1.00. The van der Waals surface area contributed by atoms with E-state index in [1.807, 2.05) is 6.92 Å². The number of halogens is 3. The summed E-state index contributed by atoms with van der Waals surface area (Å²) in [6.45, 7) is 3.16. The van der Waals surface area contributed by atoms with Crippen LogP contribution in [0.15, 0.2) is 18.2 Å². The average Bonchev–Trinajstić information content (AvgIpc) is 2.84. The van der Waals surface area contributed by atoms with E-state index in [1.54, 1.807) is 6.07 Å². The van der Waals surface area contributed by atoms with Crippen LogP contribution in [-0.2, 0) is 11.0 Å². The van der Waals surface area contributed by atoms with Gasteiger partial charge >= 0.3 is 6.18 Å². The first-order chi connectivity index (χ1) is 9.82. The Balaban J connectivity index is 2.21. The normalized spacial score (nSPS) is 21.9. The summed E-state index contributed by atoms with van der Waals surface area (Å²) in [6, 6.07) is 4.40. The minimum absolute atomic E-state index is 0.106. The lowest BCUT2D eigenvalue weighted by atomic mass is 9.97. The van der Waals surface area contributed by atoms with Gasteiger partial charge in [-0.15, -0.1) is 0 Å². The minimum atomic E-state index is -4.52. The van der Waals surface area contributed by atoms with Crippen LogP contribution in [0.5, 0.6) is 0 Å². The predicted octanol–water partition coefficient (Wildman–Crippen LogP) is 2.37. The van der Waals surface area contributed by atoms with Gasteiger partial charge in [0.25, 0.3) is 0 Å². The Kier molecular flexibility index (Phi) is 4.19. The second kappa shape index (κ2) is 5.74. The number of rotatable bonds is 2. The fourth-order valence-electron chi connectivity index (χ4n) is 2.31. The Morgan fingerprint density at radius 1 is 1.43 bits per heavy atom. The zero-order chi connectivity index (χ0) is 15.6. The molecular weight excluding hydrogens is 283 g/mol. The van der Waals surface area contributed by atoms with E-state index in [-0.39, 0.29) is 29.0 Å². The predicted molar refractivity (Wildman–Crippen MR) is 70.3 cm³/mol. The van der Waals surface area contributed by atoms with Crippen molar-refractivity contribution < 1.29 is 18.0 Å². The standard InChI is InChI=1S/C14H14F3N3O/c1-8-6-19-7-11(8)13(21)20-12-3-2-10(14(15,16)17)4-9(12)5-18/h2-4,8,11,19H,6-7H2,1H3,(H,20,21). The molecule has 112 valence electrons. The Labute approximate surface area is 119 Å². The van der Waals surface area contributed by atoms with Crippen LogP contribution in [0.4, 0.5) is 18.9 Å². The topological polar surface area (TPSA) is 64.9 Å². The molecule has 1 amide bonds. The highest BCUT2D eigenvalue weighted by Gasteiger charge is 2.32. The molecule has 2 N–H and O–H groups in total. The number of nitrogens with zero attached hydrogens (tertiary/aromatic N) is 1. The molecule has 1 aliphatic rings. The second-order valence-electron chi connectivity index (χ2n) is 5.10. The highest BCUT2D eigenvalue weighted by atomic mass is 19.4. The van der Waals surface area contributed by atoms with E-state index in [1.165, 1.54) is 0 Å². The first-order valence-corrected chi connectivity index (χ1v) is 6.46. The Morgan fingerprint density at radius 2 is 2.14 bits per heavy atom. The zero-order valence-corrected chi connectivity index (χ0v) is 11.3. The van der Waals surface area contributed by atoms with Crippen LogP contribution >= 0.6 is 0 Å². The fraction of sp³-hybridized carbons (Fsp3) is 0.429. The van der Waals surface area contributed by atoms with Crippen molar-refractivity contribution in [3.05, 3.63) is 29.3 Å². The largest absolute Gasteiger partial charge is 0.416 e. The molecule has 1 fully saturated rings. The van der Waals surface area contributed by atoms with Crippen LogP contribution in [0, 0.1) is 23.2 Å². The number of carbonyl (C=O) groups excluding carboxylic acids is 1. The molecule has 0 radical (unpaired) electrons. The van der Waals surface area contributed by atoms with Crippen LogP contribution < -0.4 is 10.6 Å². The number of nitrogens with one attached hydrogen (secondary N) is 2. The summed E-state index contributed by atoms with van der Waals surface area (Å²) in [5, 5.41) is 14.6. The number of anilines is 1. The second-order valence-corrected chi connectivity index (χ2v) is 5.10. The number of nitriles is 1. The molecule has 0 aliphatic carbocycles. The summed E-state index contributed by atoms with van der Waals surface area (Å²) in [7, 11) is 0. The maximum Gasteiger partial charge on any atom is 0.416 e. The van der Waals surface area contributed by atoms with E-state index < -0.39 is 11.7 Å². The molecule has 2 rings (SSSR count). The van der Waals surface area contributed by atoms with Gasteiger partial charge in [0, 0.05) is 6.54 Å². The third-order valence-electron chi connectivity index (χ3n) is 3.58. The fourth-order valence-corrected chi connectivity index (χ4v) is 2.31. The summed E-state index contributed by atoms with van der Waals surface area (Å²) in [6.07, 6.45) is -4.52. The van der Waals surface area contributed by atoms with Crippen molar-refractivity contribution in [2.24, 2.45) is 11.8 Å². The van der Waals surface area contributed by atoms with Gasteiger partial charge in [0.15, 0.2) is 0 Å². The SMILES string of the molecule is CC1CNCC1C(=O)Nc1ccc(C(F)(F)F)cc1C#N. The molecule has 1 aliphatic heterocycles. The maximum atomic E-state index is 12.6. The van der Waals surface area contributed by atoms with Gasteiger partial charge < -0.3 is 10.6 Å². The quantitative estimate of drug-likeness (QED) is 0.881. The molecule has 7 heteroatoms. The Morgan fingerprint density at radius 3 is 2.67 bits per heavy atom. The van der Waals surface area contributed by atoms with E-state index in [9.17, 15) is 18.0 Å². The van der Waals surface area contributed by atoms with Gasteiger partial charge in [0.2, 0.25) is 5.91 Å². The molecule has 0 bridgehead atoms. The molecule has 1 aromatic carbocycles. The van der Waals surface area contributed by atoms with Crippen molar-refractivity contribution in [3.8, 4) is 6.07 Å². The lowest BCUT2D eigenvalue weighted by molar-refractivity contribution is -0.137. The molecule has 2 atom stereocenters. The molecule has 0 spiro atoms. The summed E-state index contributed by atoms with van der Waals surface area (Å²) >= 11 is 0. The molecule has 0 saturated carbocycles. The van der Waals surface area contributed by atoms with E-state index in [0.717, 1.165) is 24.7 Å². The number of carbonyl (C=O) groups is 1. The van der Waals surface area contributed by atoms with Gasteiger partial charge in [0.1, 0.15) is 6.07 Å². The van der Waals surface area contributed by atoms with E-state index in [4.69, 9.17) is 5.26 Å². The number of amides is 1. The zero-order valence-electron chi connectivity index (χ0n) is 11.3.